The molecule has 3 heterocycles. The lowest BCUT2D eigenvalue weighted by Gasteiger charge is -2.23. The minimum Gasteiger partial charge on any atom is -0.481 e. The number of Topliss-reactive ketones (excluding diaryl/α,β-unsaturated/α-hetero) is 1. The van der Waals surface area contributed by atoms with Crippen LogP contribution in [0.5, 0.6) is 0 Å². The van der Waals surface area contributed by atoms with Gasteiger partial charge in [0.2, 0.25) is 11.7 Å². The number of hydrogen-bond acceptors (Lipinski definition) is 9. The molecular weight excluding hydrogens is 446 g/mol. The summed E-state index contributed by atoms with van der Waals surface area (Å²) in [6.07, 6.45) is 4.52. The maximum Gasteiger partial charge on any atom is 0.305 e. The summed E-state index contributed by atoms with van der Waals surface area (Å²) in [5.74, 6) is -2.11. The molecule has 1 aliphatic heterocycles. The summed E-state index contributed by atoms with van der Waals surface area (Å²) in [5, 5.41) is 22.1. The Morgan fingerprint density at radius 1 is 1.26 bits per heavy atom. The van der Waals surface area contributed by atoms with Gasteiger partial charge in [0.25, 0.3) is 5.56 Å². The number of aliphatic carboxylic acids is 1. The molecule has 0 aliphatic carbocycles. The largest absolute Gasteiger partial charge is 0.481 e. The molecule has 0 radical (unpaired) electrons. The van der Waals surface area contributed by atoms with Crippen LogP contribution in [0.3, 0.4) is 0 Å². The molecule has 13 nitrogen and oxygen atoms in total. The van der Waals surface area contributed by atoms with E-state index in [1.807, 2.05) is 0 Å². The average molecular weight is 477 g/mol. The molecule has 0 unspecified atom stereocenters. The van der Waals surface area contributed by atoms with Gasteiger partial charge in [0.15, 0.2) is 5.82 Å². The molecule has 3 rings (SSSR count). The number of aromatic nitrogens is 4. The first-order chi connectivity index (χ1) is 16.3. The van der Waals surface area contributed by atoms with E-state index in [0.717, 1.165) is 30.8 Å². The van der Waals surface area contributed by atoms with Crippen molar-refractivity contribution < 1.29 is 29.0 Å². The van der Waals surface area contributed by atoms with E-state index >= 15 is 0 Å². The molecule has 2 atom stereocenters. The van der Waals surface area contributed by atoms with Crippen molar-refractivity contribution in [2.75, 3.05) is 25.0 Å². The van der Waals surface area contributed by atoms with Crippen molar-refractivity contribution in [1.29, 1.82) is 0 Å². The predicted molar refractivity (Wildman–Crippen MR) is 118 cm³/mol. The van der Waals surface area contributed by atoms with Gasteiger partial charge in [-0.3, -0.25) is 23.7 Å². The molecule has 0 bridgehead atoms. The number of nitrogens with zero attached hydrogens (tertiary/aromatic N) is 4. The highest BCUT2D eigenvalue weighted by Gasteiger charge is 2.31. The number of carboxylic acids is 1. The van der Waals surface area contributed by atoms with Gasteiger partial charge in [-0.15, -0.1) is 0 Å². The zero-order chi connectivity index (χ0) is 24.7. The smallest absolute Gasteiger partial charge is 0.305 e. The average Bonchev–Trinajstić information content (AvgIpc) is 3.45. The fourth-order valence-electron chi connectivity index (χ4n) is 3.99. The topological polar surface area (TPSA) is 174 Å². The Balaban J connectivity index is 1.73. The minimum atomic E-state index is -1.19. The second-order valence-corrected chi connectivity index (χ2v) is 8.32. The Morgan fingerprint density at radius 3 is 2.62 bits per heavy atom. The van der Waals surface area contributed by atoms with Gasteiger partial charge in [-0.1, -0.05) is 17.2 Å². The molecule has 1 aliphatic rings. The van der Waals surface area contributed by atoms with E-state index in [9.17, 15) is 24.3 Å². The Labute approximate surface area is 195 Å². The van der Waals surface area contributed by atoms with Gasteiger partial charge < -0.3 is 20.6 Å². The summed E-state index contributed by atoms with van der Waals surface area (Å²) in [6.45, 7) is 5.44. The quantitative estimate of drug-likeness (QED) is 0.288. The van der Waals surface area contributed by atoms with Crippen LogP contribution in [-0.4, -0.2) is 68.3 Å². The molecule has 34 heavy (non-hydrogen) atoms. The summed E-state index contributed by atoms with van der Waals surface area (Å²) in [5.41, 5.74) is 0.539. The summed E-state index contributed by atoms with van der Waals surface area (Å²) in [6, 6.07) is -2.11. The first kappa shape index (κ1) is 25.0. The molecule has 1 amide bonds. The van der Waals surface area contributed by atoms with Crippen LogP contribution < -0.4 is 21.1 Å². The lowest BCUT2D eigenvalue weighted by atomic mass is 10.1. The maximum atomic E-state index is 13.1. The van der Waals surface area contributed by atoms with E-state index in [4.69, 9.17) is 0 Å². The predicted octanol–water partition coefficient (Wildman–Crippen LogP) is -1.29. The van der Waals surface area contributed by atoms with E-state index < -0.39 is 35.9 Å². The monoisotopic (exact) mass is 476 g/mol. The van der Waals surface area contributed by atoms with Gasteiger partial charge in [-0.05, 0) is 13.3 Å². The Kier molecular flexibility index (Phi) is 8.46. The van der Waals surface area contributed by atoms with Crippen molar-refractivity contribution in [2.45, 2.75) is 58.2 Å². The molecular formula is C21H30N7O6+. The number of carboxylic acid groups (broad SMARTS) is 1. The van der Waals surface area contributed by atoms with Crippen LogP contribution in [0.25, 0.3) is 0 Å². The third kappa shape index (κ3) is 6.25. The number of quaternary nitrogens is 1. The maximum absolute atomic E-state index is 13.1. The lowest BCUT2D eigenvalue weighted by molar-refractivity contribution is -0.879. The molecule has 2 aromatic heterocycles. The summed E-state index contributed by atoms with van der Waals surface area (Å²) < 4.78 is 5.85. The lowest BCUT2D eigenvalue weighted by Crippen LogP contribution is -3.11. The van der Waals surface area contributed by atoms with E-state index in [1.54, 1.807) is 13.8 Å². The second-order valence-electron chi connectivity index (χ2n) is 8.32. The molecule has 13 heteroatoms. The van der Waals surface area contributed by atoms with Crippen LogP contribution in [0.2, 0.25) is 0 Å². The van der Waals surface area contributed by atoms with Gasteiger partial charge in [0, 0.05) is 25.2 Å². The normalized spacial score (nSPS) is 15.6. The van der Waals surface area contributed by atoms with Crippen molar-refractivity contribution in [3.8, 4) is 0 Å². The molecule has 4 N–H and O–H groups in total. The number of amides is 1. The highest BCUT2D eigenvalue weighted by molar-refractivity contribution is 5.93. The number of anilines is 1. The van der Waals surface area contributed by atoms with Crippen molar-refractivity contribution in [1.82, 2.24) is 25.2 Å². The van der Waals surface area contributed by atoms with Gasteiger partial charge in [0.05, 0.1) is 26.1 Å². The first-order valence-corrected chi connectivity index (χ1v) is 11.3. The molecule has 0 aromatic carbocycles. The fourth-order valence-corrected chi connectivity index (χ4v) is 3.99. The number of carbonyl (C=O) groups excluding carboxylic acids is 2. The zero-order valence-corrected chi connectivity index (χ0v) is 19.2. The van der Waals surface area contributed by atoms with Gasteiger partial charge in [0.1, 0.15) is 30.0 Å². The van der Waals surface area contributed by atoms with Crippen LogP contribution in [-0.2, 0) is 20.9 Å². The number of nitrogens with one attached hydrogen (secondary N) is 3. The van der Waals surface area contributed by atoms with Gasteiger partial charge >= 0.3 is 5.97 Å². The second kappa shape index (κ2) is 11.5. The van der Waals surface area contributed by atoms with Crippen LogP contribution in [0, 0.1) is 6.92 Å². The number of likely N-dealkylation sites (tertiary alicyclic amines) is 1. The van der Waals surface area contributed by atoms with Crippen LogP contribution in [0.4, 0.5) is 5.82 Å². The van der Waals surface area contributed by atoms with Crippen LogP contribution in [0.15, 0.2) is 21.8 Å². The van der Waals surface area contributed by atoms with Gasteiger partial charge in [-0.25, -0.2) is 9.61 Å². The molecule has 0 saturated carbocycles. The number of hydrogen-bond donors (Lipinski definition) is 4. The zero-order valence-electron chi connectivity index (χ0n) is 19.2. The summed E-state index contributed by atoms with van der Waals surface area (Å²) in [4.78, 5) is 55.3. The number of aryl methyl sites for hydroxylation is 1. The third-order valence-electron chi connectivity index (χ3n) is 5.88. The molecule has 2 aromatic rings. The van der Waals surface area contributed by atoms with Crippen molar-refractivity contribution >= 4 is 23.5 Å². The minimum absolute atomic E-state index is 0.00643. The van der Waals surface area contributed by atoms with Crippen LogP contribution >= 0.6 is 0 Å². The van der Waals surface area contributed by atoms with Crippen molar-refractivity contribution in [2.24, 2.45) is 0 Å². The molecule has 184 valence electrons. The highest BCUT2D eigenvalue weighted by atomic mass is 16.6. The van der Waals surface area contributed by atoms with E-state index in [0.29, 0.717) is 11.4 Å². The Morgan fingerprint density at radius 2 is 2.00 bits per heavy atom. The van der Waals surface area contributed by atoms with Crippen molar-refractivity contribution in [3.05, 3.63) is 34.1 Å². The van der Waals surface area contributed by atoms with E-state index in [-0.39, 0.29) is 31.1 Å². The number of ketones is 1. The van der Waals surface area contributed by atoms with Crippen LogP contribution in [0.1, 0.15) is 50.0 Å². The van der Waals surface area contributed by atoms with Gasteiger partial charge in [-0.2, -0.15) is 0 Å². The fraction of sp³-hybridized carbons (Fsp3) is 0.571. The summed E-state index contributed by atoms with van der Waals surface area (Å²) >= 11 is 0. The van der Waals surface area contributed by atoms with E-state index in [1.165, 1.54) is 17.0 Å². The molecule has 0 spiro atoms. The van der Waals surface area contributed by atoms with Crippen molar-refractivity contribution in [3.63, 3.8) is 0 Å². The molecule has 1 saturated heterocycles. The standard InChI is InChI=1S/C21H29N7O6/c1-3-16(20(32)24-14(10-18(30)31)17(29)12-27-7-4-5-8-27)28-9-6-22-19(21(28)33)23-11-15-13(2)25-34-26-15/h6,9,14,16H,3-5,7-8,10-12H2,1-2H3,(H,22,23)(H,24,32)(H,30,31)/p+1/t14-,16-/m0/s1. The summed E-state index contributed by atoms with van der Waals surface area (Å²) in [7, 11) is 0. The first-order valence-electron chi connectivity index (χ1n) is 11.3. The van der Waals surface area contributed by atoms with E-state index in [2.05, 4.69) is 30.6 Å². The highest BCUT2D eigenvalue weighted by Crippen LogP contribution is 2.12. The SMILES string of the molecule is CC[C@@H](C(=O)N[C@@H](CC(=O)O)C(=O)C[NH+]1CCCC1)n1ccnc(NCc2nonc2C)c1=O. The number of rotatable bonds is 12. The molecule has 1 fully saturated rings. The Hall–Kier alpha value is -3.61. The Bertz CT molecular complexity index is 1080. The third-order valence-corrected chi connectivity index (χ3v) is 5.88. The number of carbonyl (C=O) groups is 3.